The Morgan fingerprint density at radius 2 is 1.80 bits per heavy atom. The second-order valence-corrected chi connectivity index (χ2v) is 10.2. The van der Waals surface area contributed by atoms with Crippen LogP contribution in [0.2, 0.25) is 0 Å². The normalized spacial score (nSPS) is 22.8. The van der Waals surface area contributed by atoms with Gasteiger partial charge < -0.3 is 26.8 Å². The summed E-state index contributed by atoms with van der Waals surface area (Å²) in [5, 5.41) is 17.0. The average molecular weight is 450 g/mol. The molecule has 1 saturated heterocycles. The maximum atomic E-state index is 12.7. The predicted molar refractivity (Wildman–Crippen MR) is 112 cm³/mol. The van der Waals surface area contributed by atoms with Crippen molar-refractivity contribution in [1.29, 1.82) is 0 Å². The number of aliphatic hydroxyl groups excluding tert-OH is 1. The highest BCUT2D eigenvalue weighted by Crippen LogP contribution is 2.17. The first-order valence-corrected chi connectivity index (χ1v) is 11.6. The maximum Gasteiger partial charge on any atom is 0.245 e. The van der Waals surface area contributed by atoms with Crippen LogP contribution in [0, 0.1) is 11.8 Å². The molecular weight excluding hydrogens is 414 g/mol. The SMILES string of the molecule is CC(=O)[C@H](CN)NC(=O)[C@@H](NC(=O)[C@@H]1CNCC(S(=O)(=O)NCC(C)C)C1)[C@H](C)O. The van der Waals surface area contributed by atoms with Crippen molar-refractivity contribution in [3.05, 3.63) is 0 Å². The summed E-state index contributed by atoms with van der Waals surface area (Å²) in [6.07, 6.45) is -1.15. The number of carbonyl (C=O) groups excluding carboxylic acids is 3. The number of aliphatic hydroxyl groups is 1. The molecule has 11 nitrogen and oxygen atoms in total. The van der Waals surface area contributed by atoms with Gasteiger partial charge in [-0.15, -0.1) is 0 Å². The topological polar surface area (TPSA) is 180 Å². The fraction of sp³-hybridized carbons (Fsp3) is 0.833. The predicted octanol–water partition coefficient (Wildman–Crippen LogP) is -2.56. The smallest absolute Gasteiger partial charge is 0.245 e. The summed E-state index contributed by atoms with van der Waals surface area (Å²) in [5.74, 6) is -2.20. The van der Waals surface area contributed by atoms with E-state index in [0.717, 1.165) is 0 Å². The molecule has 0 radical (unpaired) electrons. The number of Topliss-reactive ketones (excluding diaryl/α,β-unsaturated/α-hetero) is 1. The lowest BCUT2D eigenvalue weighted by atomic mass is 9.97. The highest BCUT2D eigenvalue weighted by molar-refractivity contribution is 7.90. The van der Waals surface area contributed by atoms with E-state index < -0.39 is 51.2 Å². The molecule has 1 fully saturated rings. The lowest BCUT2D eigenvalue weighted by molar-refractivity contribution is -0.135. The molecule has 0 aromatic carbocycles. The molecule has 7 N–H and O–H groups in total. The highest BCUT2D eigenvalue weighted by atomic mass is 32.2. The van der Waals surface area contributed by atoms with Gasteiger partial charge in [-0.2, -0.15) is 0 Å². The molecule has 1 rings (SSSR count). The Balaban J connectivity index is 2.80. The molecular formula is C18H35N5O6S. The zero-order valence-electron chi connectivity index (χ0n) is 18.0. The Morgan fingerprint density at radius 3 is 2.30 bits per heavy atom. The molecule has 0 spiro atoms. The van der Waals surface area contributed by atoms with Crippen molar-refractivity contribution >= 4 is 27.6 Å². The van der Waals surface area contributed by atoms with Gasteiger partial charge in [0.1, 0.15) is 6.04 Å². The lowest BCUT2D eigenvalue weighted by Gasteiger charge is -2.31. The maximum absolute atomic E-state index is 12.7. The van der Waals surface area contributed by atoms with E-state index in [1.54, 1.807) is 0 Å². The van der Waals surface area contributed by atoms with E-state index in [1.807, 2.05) is 13.8 Å². The fourth-order valence-electron chi connectivity index (χ4n) is 3.00. The number of hydrogen-bond donors (Lipinski definition) is 6. The van der Waals surface area contributed by atoms with E-state index >= 15 is 0 Å². The molecule has 174 valence electrons. The van der Waals surface area contributed by atoms with E-state index in [-0.39, 0.29) is 37.8 Å². The molecule has 12 heteroatoms. The summed E-state index contributed by atoms with van der Waals surface area (Å²) >= 11 is 0. The number of piperidine rings is 1. The first-order chi connectivity index (χ1) is 13.9. The molecule has 0 aromatic rings. The third-order valence-electron chi connectivity index (χ3n) is 4.92. The Bertz CT molecular complexity index is 712. The molecule has 0 aliphatic carbocycles. The molecule has 30 heavy (non-hydrogen) atoms. The van der Waals surface area contributed by atoms with Crippen LogP contribution in [-0.2, 0) is 24.4 Å². The van der Waals surface area contributed by atoms with Crippen LogP contribution in [-0.4, -0.2) is 80.7 Å². The minimum Gasteiger partial charge on any atom is -0.391 e. The number of sulfonamides is 1. The molecule has 0 aromatic heterocycles. The Kier molecular flexibility index (Phi) is 10.3. The van der Waals surface area contributed by atoms with Gasteiger partial charge in [0.2, 0.25) is 21.8 Å². The van der Waals surface area contributed by atoms with Crippen LogP contribution in [0.25, 0.3) is 0 Å². The third kappa shape index (κ3) is 7.91. The number of hydrogen-bond acceptors (Lipinski definition) is 8. The van der Waals surface area contributed by atoms with Gasteiger partial charge in [0.25, 0.3) is 0 Å². The van der Waals surface area contributed by atoms with Gasteiger partial charge in [0.05, 0.1) is 23.3 Å². The third-order valence-corrected chi connectivity index (χ3v) is 6.72. The van der Waals surface area contributed by atoms with Gasteiger partial charge in [-0.25, -0.2) is 13.1 Å². The minimum atomic E-state index is -3.61. The van der Waals surface area contributed by atoms with Crippen molar-refractivity contribution in [1.82, 2.24) is 20.7 Å². The van der Waals surface area contributed by atoms with Gasteiger partial charge in [-0.1, -0.05) is 13.8 Å². The van der Waals surface area contributed by atoms with Crippen LogP contribution in [0.5, 0.6) is 0 Å². The summed E-state index contributed by atoms with van der Waals surface area (Å²) in [6, 6.07) is -2.23. The van der Waals surface area contributed by atoms with E-state index in [0.29, 0.717) is 6.54 Å². The van der Waals surface area contributed by atoms with Crippen LogP contribution in [0.15, 0.2) is 0 Å². The van der Waals surface area contributed by atoms with Gasteiger partial charge in [-0.3, -0.25) is 14.4 Å². The number of nitrogens with two attached hydrogens (primary N) is 1. The monoisotopic (exact) mass is 449 g/mol. The van der Waals surface area contributed by atoms with Crippen LogP contribution in [0.1, 0.15) is 34.1 Å². The van der Waals surface area contributed by atoms with Crippen LogP contribution < -0.4 is 26.4 Å². The first-order valence-electron chi connectivity index (χ1n) is 10.1. The van der Waals surface area contributed by atoms with Crippen molar-refractivity contribution in [2.45, 2.75) is 57.6 Å². The average Bonchev–Trinajstić information content (AvgIpc) is 2.67. The van der Waals surface area contributed by atoms with Crippen molar-refractivity contribution in [3.8, 4) is 0 Å². The molecule has 1 heterocycles. The molecule has 1 aliphatic heterocycles. The molecule has 0 saturated carbocycles. The zero-order valence-corrected chi connectivity index (χ0v) is 18.8. The lowest BCUT2D eigenvalue weighted by Crippen LogP contribution is -2.59. The van der Waals surface area contributed by atoms with Crippen LogP contribution in [0.3, 0.4) is 0 Å². The summed E-state index contributed by atoms with van der Waals surface area (Å²) in [6.45, 7) is 7.03. The molecule has 1 aliphatic rings. The quantitative estimate of drug-likeness (QED) is 0.199. The largest absolute Gasteiger partial charge is 0.391 e. The number of nitrogens with one attached hydrogen (secondary N) is 4. The fourth-order valence-corrected chi connectivity index (χ4v) is 4.63. The van der Waals surface area contributed by atoms with Gasteiger partial charge in [0, 0.05) is 26.2 Å². The van der Waals surface area contributed by atoms with Gasteiger partial charge in [-0.05, 0) is 26.2 Å². The van der Waals surface area contributed by atoms with Crippen molar-refractivity contribution in [2.75, 3.05) is 26.2 Å². The second kappa shape index (κ2) is 11.7. The van der Waals surface area contributed by atoms with E-state index in [9.17, 15) is 27.9 Å². The summed E-state index contributed by atoms with van der Waals surface area (Å²) in [4.78, 5) is 36.6. The summed E-state index contributed by atoms with van der Waals surface area (Å²) in [7, 11) is -3.61. The standard InChI is InChI=1S/C18H35N5O6S/c1-10(2)7-21-30(28,29)14-5-13(8-20-9-14)17(26)23-16(12(4)25)18(27)22-15(6-19)11(3)24/h10,12-16,20-21,25H,5-9,19H2,1-4H3,(H,22,27)(H,23,26)/t12-,13-,14?,15-,16-/m0/s1. The molecule has 2 amide bonds. The number of ketones is 1. The summed E-state index contributed by atoms with van der Waals surface area (Å²) < 4.78 is 27.5. The molecule has 5 atom stereocenters. The molecule has 1 unspecified atom stereocenters. The number of carbonyl (C=O) groups is 3. The Labute approximate surface area is 178 Å². The van der Waals surface area contributed by atoms with Crippen molar-refractivity contribution in [3.63, 3.8) is 0 Å². The summed E-state index contributed by atoms with van der Waals surface area (Å²) in [5.41, 5.74) is 5.46. The number of amides is 2. The van der Waals surface area contributed by atoms with E-state index in [1.165, 1.54) is 13.8 Å². The Morgan fingerprint density at radius 1 is 1.17 bits per heavy atom. The van der Waals surface area contributed by atoms with Crippen molar-refractivity contribution < 1.29 is 27.9 Å². The van der Waals surface area contributed by atoms with Crippen molar-refractivity contribution in [2.24, 2.45) is 17.6 Å². The van der Waals surface area contributed by atoms with Gasteiger partial charge in [0.15, 0.2) is 5.78 Å². The van der Waals surface area contributed by atoms with E-state index in [4.69, 9.17) is 5.73 Å². The highest BCUT2D eigenvalue weighted by Gasteiger charge is 2.37. The minimum absolute atomic E-state index is 0.0826. The molecule has 0 bridgehead atoms. The first kappa shape index (κ1) is 26.4. The second-order valence-electron chi connectivity index (χ2n) is 8.13. The van der Waals surface area contributed by atoms with Crippen LogP contribution >= 0.6 is 0 Å². The Hall–Kier alpha value is -1.60. The van der Waals surface area contributed by atoms with E-state index in [2.05, 4.69) is 20.7 Å². The number of rotatable bonds is 11. The van der Waals surface area contributed by atoms with Gasteiger partial charge >= 0.3 is 0 Å². The van der Waals surface area contributed by atoms with Crippen LogP contribution in [0.4, 0.5) is 0 Å². The zero-order chi connectivity index (χ0) is 23.1.